The van der Waals surface area contributed by atoms with Crippen molar-refractivity contribution in [3.05, 3.63) is 36.5 Å². The van der Waals surface area contributed by atoms with Gasteiger partial charge in [0.05, 0.1) is 0 Å². The summed E-state index contributed by atoms with van der Waals surface area (Å²) >= 11 is 0. The third-order valence-electron chi connectivity index (χ3n) is 8.26. The molecule has 3 saturated carbocycles. The molecular weight excluding hydrogens is 308 g/mol. The molecule has 6 atom stereocenters. The number of fused-ring (bicyclic) bond motifs is 5. The van der Waals surface area contributed by atoms with E-state index in [1.165, 1.54) is 5.57 Å². The van der Waals surface area contributed by atoms with E-state index in [1.54, 1.807) is 0 Å². The fraction of sp³-hybridized carbons (Fsp3) is 0.652. The van der Waals surface area contributed by atoms with Crippen LogP contribution in [0.5, 0.6) is 0 Å². The molecule has 0 unspecified atom stereocenters. The fourth-order valence-electron chi connectivity index (χ4n) is 6.81. The van der Waals surface area contributed by atoms with Crippen LogP contribution in [0.25, 0.3) is 0 Å². The predicted molar refractivity (Wildman–Crippen MR) is 99.9 cm³/mol. The van der Waals surface area contributed by atoms with Crippen LogP contribution < -0.4 is 0 Å². The molecule has 0 amide bonds. The SMILES string of the molecule is C=C/C=C/[C@@H]1CC2=CC(=O)CC[C@]2(C)[C@H]2CC[C@]3(C)C(=O)CC[C@H]3[C@H]12. The summed E-state index contributed by atoms with van der Waals surface area (Å²) in [5.41, 5.74) is 1.42. The number of rotatable bonds is 2. The van der Waals surface area contributed by atoms with Gasteiger partial charge in [-0.3, -0.25) is 9.59 Å². The Morgan fingerprint density at radius 3 is 2.60 bits per heavy atom. The van der Waals surface area contributed by atoms with E-state index in [0.29, 0.717) is 41.7 Å². The third-order valence-corrected chi connectivity index (χ3v) is 8.26. The molecule has 25 heavy (non-hydrogen) atoms. The second kappa shape index (κ2) is 5.79. The monoisotopic (exact) mass is 338 g/mol. The molecule has 4 aliphatic rings. The molecule has 0 bridgehead atoms. The molecule has 0 heterocycles. The van der Waals surface area contributed by atoms with E-state index < -0.39 is 0 Å². The van der Waals surface area contributed by atoms with Crippen molar-refractivity contribution in [2.75, 3.05) is 0 Å². The zero-order valence-electron chi connectivity index (χ0n) is 15.6. The van der Waals surface area contributed by atoms with E-state index in [4.69, 9.17) is 0 Å². The number of carbonyl (C=O) groups excluding carboxylic acids is 2. The topological polar surface area (TPSA) is 34.1 Å². The molecule has 134 valence electrons. The van der Waals surface area contributed by atoms with Gasteiger partial charge in [0.2, 0.25) is 0 Å². The van der Waals surface area contributed by atoms with Crippen LogP contribution in [0, 0.1) is 34.5 Å². The molecule has 0 aromatic rings. The molecule has 0 N–H and O–H groups in total. The quantitative estimate of drug-likeness (QED) is 0.660. The van der Waals surface area contributed by atoms with Gasteiger partial charge in [0.1, 0.15) is 5.78 Å². The summed E-state index contributed by atoms with van der Waals surface area (Å²) in [5, 5.41) is 0. The van der Waals surface area contributed by atoms with Crippen molar-refractivity contribution >= 4 is 11.6 Å². The Balaban J connectivity index is 1.79. The van der Waals surface area contributed by atoms with E-state index in [0.717, 1.165) is 38.5 Å². The predicted octanol–water partition coefficient (Wildman–Crippen LogP) is 5.06. The van der Waals surface area contributed by atoms with Gasteiger partial charge in [0.25, 0.3) is 0 Å². The average molecular weight is 338 g/mol. The van der Waals surface area contributed by atoms with Crippen LogP contribution in [-0.4, -0.2) is 11.6 Å². The highest BCUT2D eigenvalue weighted by Gasteiger charge is 2.60. The first kappa shape index (κ1) is 17.0. The second-order valence-electron chi connectivity index (χ2n) is 9.25. The van der Waals surface area contributed by atoms with E-state index in [9.17, 15) is 9.59 Å². The minimum atomic E-state index is -0.108. The third kappa shape index (κ3) is 2.36. The maximum absolute atomic E-state index is 12.6. The van der Waals surface area contributed by atoms with Crippen LogP contribution >= 0.6 is 0 Å². The zero-order valence-corrected chi connectivity index (χ0v) is 15.6. The molecule has 0 spiro atoms. The van der Waals surface area contributed by atoms with Crippen molar-refractivity contribution in [3.63, 3.8) is 0 Å². The Kier molecular flexibility index (Phi) is 3.94. The van der Waals surface area contributed by atoms with E-state index in [-0.39, 0.29) is 10.8 Å². The van der Waals surface area contributed by atoms with Gasteiger partial charge in [0.15, 0.2) is 5.78 Å². The lowest BCUT2D eigenvalue weighted by atomic mass is 9.45. The Hall–Kier alpha value is -1.44. The van der Waals surface area contributed by atoms with Crippen molar-refractivity contribution in [3.8, 4) is 0 Å². The lowest BCUT2D eigenvalue weighted by molar-refractivity contribution is -0.134. The zero-order chi connectivity index (χ0) is 17.8. The summed E-state index contributed by atoms with van der Waals surface area (Å²) in [7, 11) is 0. The number of hydrogen-bond donors (Lipinski definition) is 0. The van der Waals surface area contributed by atoms with Gasteiger partial charge in [-0.05, 0) is 67.3 Å². The first-order valence-electron chi connectivity index (χ1n) is 9.96. The van der Waals surface area contributed by atoms with Crippen molar-refractivity contribution in [2.45, 2.75) is 58.8 Å². The number of hydrogen-bond acceptors (Lipinski definition) is 2. The molecule has 2 nitrogen and oxygen atoms in total. The van der Waals surface area contributed by atoms with Gasteiger partial charge in [-0.1, -0.05) is 44.2 Å². The Morgan fingerprint density at radius 1 is 1.08 bits per heavy atom. The number of carbonyl (C=O) groups is 2. The van der Waals surface area contributed by atoms with E-state index in [2.05, 4.69) is 32.6 Å². The highest BCUT2D eigenvalue weighted by Crippen LogP contribution is 2.65. The van der Waals surface area contributed by atoms with Crippen LogP contribution in [0.3, 0.4) is 0 Å². The summed E-state index contributed by atoms with van der Waals surface area (Å²) in [6, 6.07) is 0. The van der Waals surface area contributed by atoms with Gasteiger partial charge >= 0.3 is 0 Å². The maximum Gasteiger partial charge on any atom is 0.155 e. The molecule has 2 heteroatoms. The normalized spacial score (nSPS) is 46.4. The summed E-state index contributed by atoms with van der Waals surface area (Å²) in [6.45, 7) is 8.47. The Labute approximate surface area is 151 Å². The average Bonchev–Trinajstić information content (AvgIpc) is 2.89. The van der Waals surface area contributed by atoms with E-state index in [1.807, 2.05) is 12.2 Å². The van der Waals surface area contributed by atoms with Crippen LogP contribution in [0.1, 0.15) is 58.8 Å². The minimum absolute atomic E-state index is 0.108. The standard InChI is InChI=1S/C23H30O2/c1-4-5-6-15-13-16-14-17(24)9-11-22(16,2)19-10-12-23(3)18(21(15)19)7-8-20(23)25/h4-6,14-15,18-19,21H,1,7-13H2,2-3H3/b6-5+/t15-,18+,19+,21+,22+,23+/m1/s1. The van der Waals surface area contributed by atoms with Crippen molar-refractivity contribution in [2.24, 2.45) is 34.5 Å². The van der Waals surface area contributed by atoms with Gasteiger partial charge in [-0.25, -0.2) is 0 Å². The first-order chi connectivity index (χ1) is 11.9. The van der Waals surface area contributed by atoms with Crippen LogP contribution in [-0.2, 0) is 9.59 Å². The van der Waals surface area contributed by atoms with Gasteiger partial charge in [-0.15, -0.1) is 0 Å². The number of ketones is 2. The molecular formula is C23H30O2. The highest BCUT2D eigenvalue weighted by molar-refractivity contribution is 5.91. The Bertz CT molecular complexity index is 684. The summed E-state index contributed by atoms with van der Waals surface area (Å²) in [6.07, 6.45) is 14.8. The first-order valence-corrected chi connectivity index (χ1v) is 9.96. The molecule has 0 aromatic heterocycles. The molecule has 3 fully saturated rings. The van der Waals surface area contributed by atoms with E-state index >= 15 is 0 Å². The highest BCUT2D eigenvalue weighted by atomic mass is 16.1. The van der Waals surface area contributed by atoms with Crippen LogP contribution in [0.4, 0.5) is 0 Å². The molecule has 4 rings (SSSR count). The second-order valence-corrected chi connectivity index (χ2v) is 9.25. The lowest BCUT2D eigenvalue weighted by Crippen LogP contribution is -2.53. The smallest absolute Gasteiger partial charge is 0.155 e. The Morgan fingerprint density at radius 2 is 1.84 bits per heavy atom. The maximum atomic E-state index is 12.6. The fourth-order valence-corrected chi connectivity index (χ4v) is 6.81. The number of allylic oxidation sites excluding steroid dienone is 4. The molecule has 0 aromatic carbocycles. The summed E-state index contributed by atoms with van der Waals surface area (Å²) in [4.78, 5) is 24.7. The molecule has 0 aliphatic heterocycles. The van der Waals surface area contributed by atoms with Crippen LogP contribution in [0.2, 0.25) is 0 Å². The molecule has 0 radical (unpaired) electrons. The lowest BCUT2D eigenvalue weighted by Gasteiger charge is -2.59. The van der Waals surface area contributed by atoms with Gasteiger partial charge in [0, 0.05) is 18.3 Å². The van der Waals surface area contributed by atoms with Gasteiger partial charge in [-0.2, -0.15) is 0 Å². The van der Waals surface area contributed by atoms with Crippen molar-refractivity contribution < 1.29 is 9.59 Å². The van der Waals surface area contributed by atoms with Crippen LogP contribution in [0.15, 0.2) is 36.5 Å². The molecule has 0 saturated heterocycles. The molecule has 4 aliphatic carbocycles. The van der Waals surface area contributed by atoms with Crippen molar-refractivity contribution in [1.82, 2.24) is 0 Å². The van der Waals surface area contributed by atoms with Crippen molar-refractivity contribution in [1.29, 1.82) is 0 Å². The number of Topliss-reactive ketones (excluding diaryl/α,β-unsaturated/α-hetero) is 1. The minimum Gasteiger partial charge on any atom is -0.299 e. The summed E-state index contributed by atoms with van der Waals surface area (Å²) in [5.74, 6) is 2.90. The largest absolute Gasteiger partial charge is 0.299 e. The van der Waals surface area contributed by atoms with Gasteiger partial charge < -0.3 is 0 Å². The summed E-state index contributed by atoms with van der Waals surface area (Å²) < 4.78 is 0.